The summed E-state index contributed by atoms with van der Waals surface area (Å²) < 4.78 is 10.9. The molecule has 0 unspecified atom stereocenters. The van der Waals surface area contributed by atoms with Crippen LogP contribution in [0.1, 0.15) is 30.9 Å². The van der Waals surface area contributed by atoms with Gasteiger partial charge in [0.15, 0.2) is 0 Å². The van der Waals surface area contributed by atoms with Crippen LogP contribution >= 0.6 is 23.2 Å². The van der Waals surface area contributed by atoms with Crippen molar-refractivity contribution in [1.82, 2.24) is 5.32 Å². The number of ether oxygens (including phenoxy) is 2. The monoisotopic (exact) mass is 395 g/mol. The maximum absolute atomic E-state index is 11.9. The molecule has 6 heteroatoms. The van der Waals surface area contributed by atoms with Gasteiger partial charge in [0, 0.05) is 24.6 Å². The number of nitrogens with one attached hydrogen (secondary N) is 1. The highest BCUT2D eigenvalue weighted by atomic mass is 35.5. The molecule has 2 rings (SSSR count). The molecule has 0 bridgehead atoms. The largest absolute Gasteiger partial charge is 0.492 e. The Bertz CT molecular complexity index is 705. The predicted octanol–water partition coefficient (Wildman–Crippen LogP) is 5.01. The van der Waals surface area contributed by atoms with Crippen molar-refractivity contribution >= 4 is 29.1 Å². The number of carbonyl (C=O) groups is 1. The second kappa shape index (κ2) is 11.1. The summed E-state index contributed by atoms with van der Waals surface area (Å²) in [5.41, 5.74) is 2.18. The quantitative estimate of drug-likeness (QED) is 0.575. The van der Waals surface area contributed by atoms with E-state index in [0.29, 0.717) is 55.0 Å². The van der Waals surface area contributed by atoms with E-state index in [2.05, 4.69) is 5.32 Å². The molecule has 1 N–H and O–H groups in total. The smallest absolute Gasteiger partial charge is 0.220 e. The zero-order valence-electron chi connectivity index (χ0n) is 14.8. The van der Waals surface area contributed by atoms with Crippen LogP contribution in [-0.4, -0.2) is 19.1 Å². The van der Waals surface area contributed by atoms with Crippen molar-refractivity contribution in [3.63, 3.8) is 0 Å². The van der Waals surface area contributed by atoms with Crippen molar-refractivity contribution in [2.24, 2.45) is 0 Å². The highest BCUT2D eigenvalue weighted by Crippen LogP contribution is 2.27. The molecule has 2 aromatic rings. The summed E-state index contributed by atoms with van der Waals surface area (Å²) >= 11 is 11.9. The molecule has 0 spiro atoms. The minimum absolute atomic E-state index is 0.00537. The summed E-state index contributed by atoms with van der Waals surface area (Å²) in [7, 11) is 0. The lowest BCUT2D eigenvalue weighted by atomic mass is 10.1. The van der Waals surface area contributed by atoms with Gasteiger partial charge in [-0.3, -0.25) is 4.79 Å². The number of rotatable bonds is 10. The standard InChI is InChI=1S/C20H23Cl2NO3/c1-2-25-14-16-7-5-15(6-8-16)13-23-20(24)4-3-11-26-19-10-9-17(21)12-18(19)22/h5-10,12H,2-4,11,13-14H2,1H3,(H,23,24). The summed E-state index contributed by atoms with van der Waals surface area (Å²) in [5, 5.41) is 3.94. The first-order chi connectivity index (χ1) is 12.6. The first-order valence-corrected chi connectivity index (χ1v) is 9.34. The second-order valence-corrected chi connectivity index (χ2v) is 6.60. The number of benzene rings is 2. The van der Waals surface area contributed by atoms with Crippen LogP contribution in [0.15, 0.2) is 42.5 Å². The van der Waals surface area contributed by atoms with E-state index in [0.717, 1.165) is 11.1 Å². The van der Waals surface area contributed by atoms with Crippen LogP contribution in [0.4, 0.5) is 0 Å². The van der Waals surface area contributed by atoms with E-state index in [-0.39, 0.29) is 5.91 Å². The number of hydrogen-bond donors (Lipinski definition) is 1. The van der Waals surface area contributed by atoms with Gasteiger partial charge in [0.25, 0.3) is 0 Å². The molecule has 0 aliphatic rings. The van der Waals surface area contributed by atoms with Crippen molar-refractivity contribution < 1.29 is 14.3 Å². The summed E-state index contributed by atoms with van der Waals surface area (Å²) in [6, 6.07) is 13.1. The van der Waals surface area contributed by atoms with Crippen molar-refractivity contribution in [3.05, 3.63) is 63.6 Å². The maximum Gasteiger partial charge on any atom is 0.220 e. The van der Waals surface area contributed by atoms with Crippen LogP contribution in [0.2, 0.25) is 10.0 Å². The Labute approximate surface area is 164 Å². The molecule has 0 atom stereocenters. The van der Waals surface area contributed by atoms with Gasteiger partial charge in [0.1, 0.15) is 5.75 Å². The first-order valence-electron chi connectivity index (χ1n) is 8.58. The zero-order valence-corrected chi connectivity index (χ0v) is 16.3. The Morgan fingerprint density at radius 1 is 1.08 bits per heavy atom. The fourth-order valence-electron chi connectivity index (χ4n) is 2.27. The lowest BCUT2D eigenvalue weighted by Gasteiger charge is -2.09. The number of amides is 1. The third-order valence-electron chi connectivity index (χ3n) is 3.69. The van der Waals surface area contributed by atoms with Gasteiger partial charge in [-0.25, -0.2) is 0 Å². The van der Waals surface area contributed by atoms with Gasteiger partial charge in [-0.05, 0) is 42.7 Å². The summed E-state index contributed by atoms with van der Waals surface area (Å²) in [6.45, 7) is 4.21. The maximum atomic E-state index is 11.9. The van der Waals surface area contributed by atoms with Crippen molar-refractivity contribution in [2.45, 2.75) is 32.9 Å². The fourth-order valence-corrected chi connectivity index (χ4v) is 2.73. The van der Waals surface area contributed by atoms with Crippen LogP contribution in [0, 0.1) is 0 Å². The van der Waals surface area contributed by atoms with Crippen molar-refractivity contribution in [3.8, 4) is 5.75 Å². The van der Waals surface area contributed by atoms with Gasteiger partial charge >= 0.3 is 0 Å². The van der Waals surface area contributed by atoms with E-state index in [4.69, 9.17) is 32.7 Å². The van der Waals surface area contributed by atoms with Gasteiger partial charge in [-0.1, -0.05) is 47.5 Å². The molecule has 0 fully saturated rings. The van der Waals surface area contributed by atoms with Crippen LogP contribution < -0.4 is 10.1 Å². The van der Waals surface area contributed by atoms with E-state index in [1.165, 1.54) is 0 Å². The number of carbonyl (C=O) groups excluding carboxylic acids is 1. The molecule has 0 saturated carbocycles. The normalized spacial score (nSPS) is 10.6. The Morgan fingerprint density at radius 3 is 2.50 bits per heavy atom. The summed E-state index contributed by atoms with van der Waals surface area (Å²) in [5.74, 6) is 0.567. The van der Waals surface area contributed by atoms with Gasteiger partial charge < -0.3 is 14.8 Å². The van der Waals surface area contributed by atoms with Crippen molar-refractivity contribution in [1.29, 1.82) is 0 Å². The van der Waals surface area contributed by atoms with Crippen LogP contribution in [0.25, 0.3) is 0 Å². The molecule has 4 nitrogen and oxygen atoms in total. The van der Waals surface area contributed by atoms with E-state index in [1.54, 1.807) is 18.2 Å². The molecule has 0 aromatic heterocycles. The third-order valence-corrected chi connectivity index (χ3v) is 4.22. The van der Waals surface area contributed by atoms with E-state index in [1.807, 2.05) is 31.2 Å². The van der Waals surface area contributed by atoms with Gasteiger partial charge in [-0.15, -0.1) is 0 Å². The molecular weight excluding hydrogens is 373 g/mol. The minimum Gasteiger partial charge on any atom is -0.492 e. The Morgan fingerprint density at radius 2 is 1.81 bits per heavy atom. The molecule has 0 saturated heterocycles. The highest BCUT2D eigenvalue weighted by molar-refractivity contribution is 6.35. The predicted molar refractivity (Wildman–Crippen MR) is 105 cm³/mol. The molecule has 0 aliphatic carbocycles. The van der Waals surface area contributed by atoms with E-state index >= 15 is 0 Å². The average Bonchev–Trinajstić information content (AvgIpc) is 2.64. The lowest BCUT2D eigenvalue weighted by molar-refractivity contribution is -0.121. The lowest BCUT2D eigenvalue weighted by Crippen LogP contribution is -2.23. The van der Waals surface area contributed by atoms with Crippen LogP contribution in [0.5, 0.6) is 5.75 Å². The molecule has 26 heavy (non-hydrogen) atoms. The van der Waals surface area contributed by atoms with Crippen molar-refractivity contribution in [2.75, 3.05) is 13.2 Å². The minimum atomic E-state index is -0.00537. The van der Waals surface area contributed by atoms with Gasteiger partial charge in [0.05, 0.1) is 18.2 Å². The Kier molecular flexibility index (Phi) is 8.75. The topological polar surface area (TPSA) is 47.6 Å². The molecule has 0 aliphatic heterocycles. The van der Waals surface area contributed by atoms with E-state index < -0.39 is 0 Å². The summed E-state index contributed by atoms with van der Waals surface area (Å²) in [4.78, 5) is 11.9. The highest BCUT2D eigenvalue weighted by Gasteiger charge is 2.05. The SMILES string of the molecule is CCOCc1ccc(CNC(=O)CCCOc2ccc(Cl)cc2Cl)cc1. The number of halogens is 2. The van der Waals surface area contributed by atoms with E-state index in [9.17, 15) is 4.79 Å². The molecule has 0 radical (unpaired) electrons. The van der Waals surface area contributed by atoms with Crippen LogP contribution in [-0.2, 0) is 22.7 Å². The van der Waals surface area contributed by atoms with Crippen LogP contribution in [0.3, 0.4) is 0 Å². The molecular formula is C20H23Cl2NO3. The molecule has 1 amide bonds. The molecule has 140 valence electrons. The average molecular weight is 396 g/mol. The Balaban J connectivity index is 1.64. The summed E-state index contributed by atoms with van der Waals surface area (Å²) in [6.07, 6.45) is 1.01. The molecule has 2 aromatic carbocycles. The number of hydrogen-bond acceptors (Lipinski definition) is 3. The second-order valence-electron chi connectivity index (χ2n) is 5.76. The van der Waals surface area contributed by atoms with Gasteiger partial charge in [0.2, 0.25) is 5.91 Å². The zero-order chi connectivity index (χ0) is 18.8. The van der Waals surface area contributed by atoms with Gasteiger partial charge in [-0.2, -0.15) is 0 Å². The third kappa shape index (κ3) is 7.24. The fraction of sp³-hybridized carbons (Fsp3) is 0.350. The molecule has 0 heterocycles. The Hall–Kier alpha value is -1.75. The first kappa shape index (κ1) is 20.6.